The Hall–Kier alpha value is -3.26. The fourth-order valence-corrected chi connectivity index (χ4v) is 5.46. The zero-order chi connectivity index (χ0) is 25.5. The summed E-state index contributed by atoms with van der Waals surface area (Å²) in [4.78, 5) is 31.3. The van der Waals surface area contributed by atoms with Crippen LogP contribution in [0.25, 0.3) is 0 Å². The fraction of sp³-hybridized carbons (Fsp3) is 0.357. The van der Waals surface area contributed by atoms with Crippen LogP contribution in [0, 0.1) is 18.6 Å². The number of thiophene rings is 1. The highest BCUT2D eigenvalue weighted by atomic mass is 32.1. The Morgan fingerprint density at radius 1 is 0.972 bits per heavy atom. The minimum absolute atomic E-state index is 0.0909. The molecule has 1 aliphatic carbocycles. The monoisotopic (exact) mass is 511 g/mol. The Morgan fingerprint density at radius 3 is 2.36 bits per heavy atom. The molecule has 190 valence electrons. The SMILES string of the molecule is Cc1ccsc1CN(Cc1ccc(F)cc1)C(=O)CN(C(=O)Nc1ccccc1F)C1CCCCC1. The summed E-state index contributed by atoms with van der Waals surface area (Å²) in [5.74, 6) is -1.06. The molecule has 0 radical (unpaired) electrons. The second-order valence-electron chi connectivity index (χ2n) is 9.23. The third-order valence-electron chi connectivity index (χ3n) is 6.64. The molecule has 1 aromatic heterocycles. The number of halogens is 2. The summed E-state index contributed by atoms with van der Waals surface area (Å²) in [5, 5.41) is 4.65. The van der Waals surface area contributed by atoms with E-state index in [2.05, 4.69) is 5.32 Å². The lowest BCUT2D eigenvalue weighted by atomic mass is 9.94. The van der Waals surface area contributed by atoms with Crippen LogP contribution in [0.5, 0.6) is 0 Å². The number of hydrogen-bond donors (Lipinski definition) is 1. The fourth-order valence-electron chi connectivity index (χ4n) is 4.54. The summed E-state index contributed by atoms with van der Waals surface area (Å²) in [6.07, 6.45) is 4.67. The van der Waals surface area contributed by atoms with E-state index in [0.717, 1.165) is 48.1 Å². The van der Waals surface area contributed by atoms with Crippen molar-refractivity contribution in [2.75, 3.05) is 11.9 Å². The maximum absolute atomic E-state index is 14.2. The lowest BCUT2D eigenvalue weighted by Crippen LogP contribution is -2.49. The van der Waals surface area contributed by atoms with E-state index in [-0.39, 0.29) is 30.0 Å². The largest absolute Gasteiger partial charge is 0.332 e. The van der Waals surface area contributed by atoms with Crippen molar-refractivity contribution in [3.05, 3.63) is 87.6 Å². The standard InChI is InChI=1S/C28H31F2N3O2S/c1-20-15-16-36-26(20)18-32(17-21-11-13-22(29)14-12-21)27(34)19-33(23-7-3-2-4-8-23)28(35)31-25-10-6-5-9-24(25)30/h5-6,9-16,23H,2-4,7-8,17-19H2,1H3,(H,31,35). The molecule has 3 aromatic rings. The molecule has 4 rings (SSSR count). The van der Waals surface area contributed by atoms with Crippen LogP contribution < -0.4 is 5.32 Å². The molecule has 36 heavy (non-hydrogen) atoms. The van der Waals surface area contributed by atoms with Crippen LogP contribution in [-0.2, 0) is 17.9 Å². The maximum atomic E-state index is 14.2. The van der Waals surface area contributed by atoms with E-state index in [4.69, 9.17) is 0 Å². The molecule has 0 unspecified atom stereocenters. The van der Waals surface area contributed by atoms with E-state index in [1.54, 1.807) is 45.4 Å². The summed E-state index contributed by atoms with van der Waals surface area (Å²) in [5.41, 5.74) is 1.99. The highest BCUT2D eigenvalue weighted by Gasteiger charge is 2.30. The number of carbonyl (C=O) groups excluding carboxylic acids is 2. The van der Waals surface area contributed by atoms with Gasteiger partial charge in [-0.05, 0) is 66.6 Å². The molecule has 1 N–H and O–H groups in total. The Kier molecular flexibility index (Phi) is 8.70. The third kappa shape index (κ3) is 6.69. The third-order valence-corrected chi connectivity index (χ3v) is 7.65. The second-order valence-corrected chi connectivity index (χ2v) is 10.2. The van der Waals surface area contributed by atoms with Gasteiger partial charge in [0.25, 0.3) is 0 Å². The first-order valence-corrected chi connectivity index (χ1v) is 13.2. The van der Waals surface area contributed by atoms with E-state index in [9.17, 15) is 18.4 Å². The maximum Gasteiger partial charge on any atom is 0.322 e. The van der Waals surface area contributed by atoms with E-state index in [1.807, 2.05) is 18.4 Å². The van der Waals surface area contributed by atoms with Gasteiger partial charge in [-0.3, -0.25) is 4.79 Å². The van der Waals surface area contributed by atoms with Crippen LogP contribution in [0.3, 0.4) is 0 Å². The molecule has 0 bridgehead atoms. The highest BCUT2D eigenvalue weighted by molar-refractivity contribution is 7.10. The summed E-state index contributed by atoms with van der Waals surface area (Å²) < 4.78 is 27.7. The van der Waals surface area contributed by atoms with Crippen LogP contribution in [0.4, 0.5) is 19.3 Å². The molecular formula is C28H31F2N3O2S. The molecule has 5 nitrogen and oxygen atoms in total. The predicted molar refractivity (Wildman–Crippen MR) is 139 cm³/mol. The molecule has 1 fully saturated rings. The lowest BCUT2D eigenvalue weighted by Gasteiger charge is -2.35. The number of para-hydroxylation sites is 1. The first-order chi connectivity index (χ1) is 17.4. The van der Waals surface area contributed by atoms with Crippen molar-refractivity contribution >= 4 is 29.0 Å². The van der Waals surface area contributed by atoms with E-state index in [0.29, 0.717) is 13.1 Å². The van der Waals surface area contributed by atoms with E-state index >= 15 is 0 Å². The molecule has 2 aromatic carbocycles. The van der Waals surface area contributed by atoms with Gasteiger partial charge < -0.3 is 15.1 Å². The summed E-state index contributed by atoms with van der Waals surface area (Å²) >= 11 is 1.58. The predicted octanol–water partition coefficient (Wildman–Crippen LogP) is 6.73. The molecule has 1 saturated carbocycles. The normalized spacial score (nSPS) is 13.9. The van der Waals surface area contributed by atoms with Gasteiger partial charge in [0.15, 0.2) is 0 Å². The Labute approximate surface area is 214 Å². The van der Waals surface area contributed by atoms with Crippen LogP contribution in [0.2, 0.25) is 0 Å². The van der Waals surface area contributed by atoms with Crippen LogP contribution >= 0.6 is 11.3 Å². The van der Waals surface area contributed by atoms with Gasteiger partial charge in [-0.2, -0.15) is 0 Å². The van der Waals surface area contributed by atoms with Crippen molar-refractivity contribution in [3.63, 3.8) is 0 Å². The zero-order valence-electron chi connectivity index (χ0n) is 20.4. The van der Waals surface area contributed by atoms with Gasteiger partial charge in [-0.1, -0.05) is 43.5 Å². The average Bonchev–Trinajstić information content (AvgIpc) is 3.29. The van der Waals surface area contributed by atoms with Gasteiger partial charge in [-0.25, -0.2) is 13.6 Å². The Morgan fingerprint density at radius 2 is 1.69 bits per heavy atom. The van der Waals surface area contributed by atoms with E-state index in [1.165, 1.54) is 24.3 Å². The van der Waals surface area contributed by atoms with Gasteiger partial charge in [0.1, 0.15) is 18.2 Å². The number of benzene rings is 2. The number of nitrogens with one attached hydrogen (secondary N) is 1. The smallest absolute Gasteiger partial charge is 0.322 e. The highest BCUT2D eigenvalue weighted by Crippen LogP contribution is 2.25. The number of nitrogens with zero attached hydrogens (tertiary/aromatic N) is 2. The van der Waals surface area contributed by atoms with Gasteiger partial charge in [0, 0.05) is 17.5 Å². The molecule has 0 spiro atoms. The van der Waals surface area contributed by atoms with Crippen LogP contribution in [-0.4, -0.2) is 34.3 Å². The van der Waals surface area contributed by atoms with E-state index < -0.39 is 11.8 Å². The molecule has 8 heteroatoms. The van der Waals surface area contributed by atoms with Gasteiger partial charge in [0.2, 0.25) is 5.91 Å². The molecular weight excluding hydrogens is 480 g/mol. The van der Waals surface area contributed by atoms with Crippen molar-refractivity contribution in [3.8, 4) is 0 Å². The lowest BCUT2D eigenvalue weighted by molar-refractivity contribution is -0.133. The zero-order valence-corrected chi connectivity index (χ0v) is 21.2. The summed E-state index contributed by atoms with van der Waals surface area (Å²) in [6.45, 7) is 2.58. The van der Waals surface area contributed by atoms with Crippen molar-refractivity contribution in [1.82, 2.24) is 9.80 Å². The van der Waals surface area contributed by atoms with Crippen LogP contribution in [0.1, 0.15) is 48.1 Å². The number of amides is 3. The summed E-state index contributed by atoms with van der Waals surface area (Å²) in [6, 6.07) is 13.6. The summed E-state index contributed by atoms with van der Waals surface area (Å²) in [7, 11) is 0. The number of carbonyl (C=O) groups is 2. The Bertz CT molecular complexity index is 1180. The van der Waals surface area contributed by atoms with Gasteiger partial charge in [-0.15, -0.1) is 11.3 Å². The topological polar surface area (TPSA) is 52.7 Å². The van der Waals surface area contributed by atoms with Crippen molar-refractivity contribution in [1.29, 1.82) is 0 Å². The molecule has 1 aliphatic rings. The Balaban J connectivity index is 1.56. The number of aryl methyl sites for hydroxylation is 1. The quantitative estimate of drug-likeness (QED) is 0.365. The second kappa shape index (κ2) is 12.1. The van der Waals surface area contributed by atoms with Crippen LogP contribution in [0.15, 0.2) is 60.0 Å². The minimum Gasteiger partial charge on any atom is -0.332 e. The van der Waals surface area contributed by atoms with Crippen molar-refractivity contribution in [2.24, 2.45) is 0 Å². The molecule has 0 atom stereocenters. The minimum atomic E-state index is -0.521. The molecule has 0 aliphatic heterocycles. The molecule has 3 amide bonds. The van der Waals surface area contributed by atoms with Crippen molar-refractivity contribution in [2.45, 2.75) is 58.2 Å². The molecule has 0 saturated heterocycles. The van der Waals surface area contributed by atoms with Gasteiger partial charge >= 0.3 is 6.03 Å². The number of rotatable bonds is 8. The average molecular weight is 512 g/mol. The number of hydrogen-bond acceptors (Lipinski definition) is 3. The molecule has 1 heterocycles. The van der Waals surface area contributed by atoms with Crippen molar-refractivity contribution < 1.29 is 18.4 Å². The first-order valence-electron chi connectivity index (χ1n) is 12.3. The number of anilines is 1. The van der Waals surface area contributed by atoms with Gasteiger partial charge in [0.05, 0.1) is 12.2 Å². The number of urea groups is 1. The first kappa shape index (κ1) is 25.8.